The molecule has 0 aromatic heterocycles. The van der Waals surface area contributed by atoms with Gasteiger partial charge in [-0.25, -0.2) is 0 Å². The van der Waals surface area contributed by atoms with Crippen molar-refractivity contribution in [3.8, 4) is 11.5 Å². The maximum atomic E-state index is 10.8. The highest BCUT2D eigenvalue weighted by Crippen LogP contribution is 2.30. The van der Waals surface area contributed by atoms with E-state index in [1.807, 2.05) is 78.9 Å². The van der Waals surface area contributed by atoms with Gasteiger partial charge in [-0.15, -0.1) is 0 Å². The van der Waals surface area contributed by atoms with E-state index in [1.54, 1.807) is 14.2 Å². The van der Waals surface area contributed by atoms with Crippen molar-refractivity contribution >= 4 is 0 Å². The topological polar surface area (TPSA) is 95.8 Å². The average molecular weight is 511 g/mol. The maximum Gasteiger partial charge on any atom is 0.184 e. The lowest BCUT2D eigenvalue weighted by Gasteiger charge is -2.44. The Kier molecular flexibility index (Phi) is 9.90. The van der Waals surface area contributed by atoms with Crippen molar-refractivity contribution < 1.29 is 38.6 Å². The molecule has 5 atom stereocenters. The van der Waals surface area contributed by atoms with E-state index in [4.69, 9.17) is 28.4 Å². The summed E-state index contributed by atoms with van der Waals surface area (Å²) in [5.74, 6) is 1.49. The third-order valence-corrected chi connectivity index (χ3v) is 6.28. The second kappa shape index (κ2) is 13.5. The zero-order chi connectivity index (χ0) is 26.0. The van der Waals surface area contributed by atoms with E-state index in [0.717, 1.165) is 28.2 Å². The minimum Gasteiger partial charge on any atom is -0.497 e. The van der Waals surface area contributed by atoms with Crippen LogP contribution in [0.4, 0.5) is 0 Å². The van der Waals surface area contributed by atoms with Crippen LogP contribution in [0.25, 0.3) is 0 Å². The molecule has 0 spiro atoms. The van der Waals surface area contributed by atoms with Crippen molar-refractivity contribution in [2.24, 2.45) is 0 Å². The number of methoxy groups -OCH3 is 2. The van der Waals surface area contributed by atoms with Gasteiger partial charge in [0.05, 0.1) is 40.6 Å². The van der Waals surface area contributed by atoms with Gasteiger partial charge in [-0.3, -0.25) is 0 Å². The van der Waals surface area contributed by atoms with Crippen LogP contribution >= 0.6 is 0 Å². The summed E-state index contributed by atoms with van der Waals surface area (Å²) < 4.78 is 34.9. The molecule has 1 fully saturated rings. The molecule has 3 aromatic rings. The molecule has 3 aromatic carbocycles. The predicted octanol–water partition coefficient (Wildman–Crippen LogP) is 3.47. The van der Waals surface area contributed by atoms with Gasteiger partial charge in [0.25, 0.3) is 0 Å². The van der Waals surface area contributed by atoms with Crippen LogP contribution in [0.3, 0.4) is 0 Å². The molecule has 1 heterocycles. The number of aliphatic hydroxyl groups excluding tert-OH is 2. The first-order chi connectivity index (χ1) is 18.1. The van der Waals surface area contributed by atoms with Gasteiger partial charge in [-0.2, -0.15) is 0 Å². The summed E-state index contributed by atoms with van der Waals surface area (Å²) in [6.07, 6.45) is -4.37. The highest BCUT2D eigenvalue weighted by atomic mass is 16.7. The molecule has 4 rings (SSSR count). The largest absolute Gasteiger partial charge is 0.497 e. The van der Waals surface area contributed by atoms with Crippen LogP contribution in [-0.4, -0.2) is 61.7 Å². The standard InChI is InChI=1S/C29H34O8/c1-32-23-12-8-21(9-13-23)18-35-27-26(34-17-20-6-4-3-5-7-20)25(16-30)37-29(31)28(27)36-19-22-10-14-24(33-2)15-11-22/h3-15,25-31H,16-19H2,1-2H3/t25-,26-,27+,28-,29+/m1/s1. The van der Waals surface area contributed by atoms with Gasteiger partial charge in [0.15, 0.2) is 6.29 Å². The molecule has 1 aliphatic heterocycles. The monoisotopic (exact) mass is 510 g/mol. The lowest BCUT2D eigenvalue weighted by atomic mass is 9.98. The molecule has 0 radical (unpaired) electrons. The van der Waals surface area contributed by atoms with Gasteiger partial charge in [-0.05, 0) is 41.0 Å². The average Bonchev–Trinajstić information content (AvgIpc) is 2.95. The lowest BCUT2D eigenvalue weighted by Crippen LogP contribution is -2.61. The van der Waals surface area contributed by atoms with Gasteiger partial charge < -0.3 is 38.6 Å². The molecule has 198 valence electrons. The van der Waals surface area contributed by atoms with Crippen LogP contribution in [0.1, 0.15) is 16.7 Å². The molecule has 1 saturated heterocycles. The number of hydrogen-bond donors (Lipinski definition) is 2. The minimum absolute atomic E-state index is 0.215. The van der Waals surface area contributed by atoms with Crippen molar-refractivity contribution in [2.75, 3.05) is 20.8 Å². The number of ether oxygens (including phenoxy) is 6. The SMILES string of the molecule is COc1ccc(CO[C@@H]2[C@@H](OCc3ccc(OC)cc3)[C@@H](O)O[C@H](CO)[C@H]2OCc2ccccc2)cc1. The molecule has 8 heteroatoms. The Hall–Kier alpha value is -2.98. The lowest BCUT2D eigenvalue weighted by molar-refractivity contribution is -0.315. The fraction of sp³-hybridized carbons (Fsp3) is 0.379. The van der Waals surface area contributed by atoms with Gasteiger partial charge in [0.1, 0.15) is 35.9 Å². The predicted molar refractivity (Wildman–Crippen MR) is 136 cm³/mol. The number of benzene rings is 3. The van der Waals surface area contributed by atoms with E-state index < -0.39 is 30.7 Å². The van der Waals surface area contributed by atoms with Crippen molar-refractivity contribution in [3.63, 3.8) is 0 Å². The third kappa shape index (κ3) is 7.29. The zero-order valence-electron chi connectivity index (χ0n) is 21.1. The molecule has 0 aliphatic carbocycles. The summed E-state index contributed by atoms with van der Waals surface area (Å²) >= 11 is 0. The summed E-state index contributed by atoms with van der Waals surface area (Å²) in [5, 5.41) is 20.9. The summed E-state index contributed by atoms with van der Waals surface area (Å²) in [7, 11) is 3.22. The first kappa shape index (κ1) is 27.1. The molecule has 2 N–H and O–H groups in total. The molecule has 0 amide bonds. The molecular weight excluding hydrogens is 476 g/mol. The van der Waals surface area contributed by atoms with Crippen molar-refractivity contribution in [3.05, 3.63) is 95.6 Å². The Morgan fingerprint density at radius 1 is 0.622 bits per heavy atom. The molecule has 8 nitrogen and oxygen atoms in total. The highest BCUT2D eigenvalue weighted by molar-refractivity contribution is 5.27. The number of rotatable bonds is 12. The summed E-state index contributed by atoms with van der Waals surface area (Å²) in [6, 6.07) is 24.7. The minimum atomic E-state index is -1.31. The van der Waals surface area contributed by atoms with Crippen LogP contribution in [0.2, 0.25) is 0 Å². The van der Waals surface area contributed by atoms with E-state index >= 15 is 0 Å². The Labute approximate surface area is 217 Å². The van der Waals surface area contributed by atoms with E-state index in [2.05, 4.69) is 0 Å². The Morgan fingerprint density at radius 3 is 1.57 bits per heavy atom. The Balaban J connectivity index is 1.53. The van der Waals surface area contributed by atoms with E-state index in [1.165, 1.54) is 0 Å². The summed E-state index contributed by atoms with van der Waals surface area (Å²) in [6.45, 7) is 0.402. The van der Waals surface area contributed by atoms with E-state index in [-0.39, 0.29) is 26.4 Å². The van der Waals surface area contributed by atoms with Gasteiger partial charge in [0.2, 0.25) is 0 Å². The highest BCUT2D eigenvalue weighted by Gasteiger charge is 2.47. The molecule has 37 heavy (non-hydrogen) atoms. The Morgan fingerprint density at radius 2 is 1.08 bits per heavy atom. The molecule has 0 unspecified atom stereocenters. The molecule has 1 aliphatic rings. The van der Waals surface area contributed by atoms with Gasteiger partial charge >= 0.3 is 0 Å². The maximum absolute atomic E-state index is 10.8. The molecular formula is C29H34O8. The van der Waals surface area contributed by atoms with Crippen molar-refractivity contribution in [1.82, 2.24) is 0 Å². The zero-order valence-corrected chi connectivity index (χ0v) is 21.1. The molecule has 0 bridgehead atoms. The smallest absolute Gasteiger partial charge is 0.184 e. The van der Waals surface area contributed by atoms with Crippen LogP contribution in [0.15, 0.2) is 78.9 Å². The van der Waals surface area contributed by atoms with Gasteiger partial charge in [-0.1, -0.05) is 54.6 Å². The third-order valence-electron chi connectivity index (χ3n) is 6.28. The second-order valence-electron chi connectivity index (χ2n) is 8.76. The Bertz CT molecular complexity index is 1060. The van der Waals surface area contributed by atoms with Crippen molar-refractivity contribution in [1.29, 1.82) is 0 Å². The van der Waals surface area contributed by atoms with Crippen LogP contribution in [0.5, 0.6) is 11.5 Å². The van der Waals surface area contributed by atoms with Crippen molar-refractivity contribution in [2.45, 2.75) is 50.5 Å². The van der Waals surface area contributed by atoms with E-state index in [0.29, 0.717) is 0 Å². The quantitative estimate of drug-likeness (QED) is 0.383. The first-order valence-electron chi connectivity index (χ1n) is 12.2. The van der Waals surface area contributed by atoms with Crippen LogP contribution < -0.4 is 9.47 Å². The summed E-state index contributed by atoms with van der Waals surface area (Å²) in [4.78, 5) is 0. The van der Waals surface area contributed by atoms with Crippen LogP contribution in [0, 0.1) is 0 Å². The normalized spacial score (nSPS) is 23.5. The molecule has 0 saturated carbocycles. The number of hydrogen-bond acceptors (Lipinski definition) is 8. The fourth-order valence-corrected chi connectivity index (χ4v) is 4.21. The second-order valence-corrected chi connectivity index (χ2v) is 8.76. The van der Waals surface area contributed by atoms with E-state index in [9.17, 15) is 10.2 Å². The number of aliphatic hydroxyl groups is 2. The van der Waals surface area contributed by atoms with Crippen LogP contribution in [-0.2, 0) is 38.8 Å². The summed E-state index contributed by atoms with van der Waals surface area (Å²) in [5.41, 5.74) is 2.78. The fourth-order valence-electron chi connectivity index (χ4n) is 4.21. The van der Waals surface area contributed by atoms with Gasteiger partial charge in [0, 0.05) is 0 Å². The first-order valence-corrected chi connectivity index (χ1v) is 12.2.